The molecule has 0 N–H and O–H groups in total. The Hall–Kier alpha value is -3.46. The lowest BCUT2D eigenvalue weighted by atomic mass is 10.2. The van der Waals surface area contributed by atoms with Gasteiger partial charge >= 0.3 is 10.1 Å². The number of benzene rings is 4. The summed E-state index contributed by atoms with van der Waals surface area (Å²) in [4.78, 5) is 6.46. The quantitative estimate of drug-likeness (QED) is 0.191. The predicted octanol–water partition coefficient (Wildman–Crippen LogP) is 8.21. The summed E-state index contributed by atoms with van der Waals surface area (Å²) < 4.78 is 41.2. The van der Waals surface area contributed by atoms with Gasteiger partial charge in [0.1, 0.15) is 11.4 Å². The van der Waals surface area contributed by atoms with Crippen LogP contribution in [0.25, 0.3) is 0 Å². The molecular formula is C34H42N2O4S2. The maximum Gasteiger partial charge on any atom is 0.307 e. The summed E-state index contributed by atoms with van der Waals surface area (Å²) in [6, 6.07) is 28.8. The summed E-state index contributed by atoms with van der Waals surface area (Å²) in [5, 5.41) is 0. The molecule has 0 bridgehead atoms. The topological polar surface area (TPSA) is 59.1 Å². The van der Waals surface area contributed by atoms with Crippen LogP contribution in [-0.4, -0.2) is 42.2 Å². The minimum atomic E-state index is -4.22. The zero-order valence-corrected chi connectivity index (χ0v) is 27.6. The Labute approximate surface area is 253 Å². The Morgan fingerprint density at radius 2 is 1.05 bits per heavy atom. The average molecular weight is 607 g/mol. The summed E-state index contributed by atoms with van der Waals surface area (Å²) in [5.41, 5.74) is 3.25. The van der Waals surface area contributed by atoms with Gasteiger partial charge in [-0.3, -0.25) is 0 Å². The minimum absolute atomic E-state index is 0.160. The van der Waals surface area contributed by atoms with E-state index in [2.05, 4.69) is 0 Å². The summed E-state index contributed by atoms with van der Waals surface area (Å²) in [6.07, 6.45) is 0. The normalized spacial score (nSPS) is 12.6. The van der Waals surface area contributed by atoms with Crippen LogP contribution in [0.3, 0.4) is 0 Å². The summed E-state index contributed by atoms with van der Waals surface area (Å²) in [5.74, 6) is 0.697. The van der Waals surface area contributed by atoms with Crippen LogP contribution in [0.1, 0.15) is 31.9 Å². The minimum Gasteiger partial charge on any atom is -0.488 e. The van der Waals surface area contributed by atoms with E-state index in [1.165, 1.54) is 0 Å². The van der Waals surface area contributed by atoms with Gasteiger partial charge < -0.3 is 14.5 Å². The molecule has 224 valence electrons. The van der Waals surface area contributed by atoms with Gasteiger partial charge in [-0.05, 0) is 129 Å². The van der Waals surface area contributed by atoms with Gasteiger partial charge in [0.05, 0.1) is 4.90 Å². The van der Waals surface area contributed by atoms with E-state index < -0.39 is 20.4 Å². The third kappa shape index (κ3) is 6.77. The van der Waals surface area contributed by atoms with Crippen molar-refractivity contribution in [3.63, 3.8) is 0 Å². The van der Waals surface area contributed by atoms with Gasteiger partial charge in [0.15, 0.2) is 0 Å². The van der Waals surface area contributed by atoms with Crippen molar-refractivity contribution in [2.75, 3.05) is 38.0 Å². The maximum absolute atomic E-state index is 14.3. The Balaban J connectivity index is 2.02. The van der Waals surface area contributed by atoms with E-state index in [0.717, 1.165) is 31.6 Å². The zero-order valence-electron chi connectivity index (χ0n) is 26.0. The molecule has 0 aliphatic heterocycles. The lowest BCUT2D eigenvalue weighted by Crippen LogP contribution is -2.22. The highest BCUT2D eigenvalue weighted by Crippen LogP contribution is 2.70. The van der Waals surface area contributed by atoms with Crippen molar-refractivity contribution in [2.45, 2.75) is 59.8 Å². The van der Waals surface area contributed by atoms with Crippen molar-refractivity contribution in [1.82, 2.24) is 0 Å². The summed E-state index contributed by atoms with van der Waals surface area (Å²) in [7, 11) is 0.897. The van der Waals surface area contributed by atoms with Gasteiger partial charge in [-0.15, -0.1) is 0 Å². The molecular weight excluding hydrogens is 565 g/mol. The van der Waals surface area contributed by atoms with Crippen molar-refractivity contribution in [2.24, 2.45) is 0 Å². The molecule has 0 saturated heterocycles. The molecule has 4 aromatic rings. The molecule has 0 aliphatic rings. The fourth-order valence-electron chi connectivity index (χ4n) is 4.70. The monoisotopic (exact) mass is 606 g/mol. The van der Waals surface area contributed by atoms with Gasteiger partial charge in [0.2, 0.25) is 0 Å². The molecule has 0 unspecified atom stereocenters. The molecule has 0 aromatic heterocycles. The van der Waals surface area contributed by atoms with Crippen molar-refractivity contribution < 1.29 is 16.8 Å². The van der Waals surface area contributed by atoms with Crippen molar-refractivity contribution >= 4 is 31.8 Å². The second-order valence-corrected chi connectivity index (χ2v) is 16.2. The number of hydrogen-bond donors (Lipinski definition) is 0. The fraction of sp³-hybridized carbons (Fsp3) is 0.294. The average Bonchev–Trinajstić information content (AvgIpc) is 2.91. The van der Waals surface area contributed by atoms with E-state index in [-0.39, 0.29) is 10.5 Å². The second-order valence-electron chi connectivity index (χ2n) is 11.8. The summed E-state index contributed by atoms with van der Waals surface area (Å²) >= 11 is 0. The van der Waals surface area contributed by atoms with Crippen LogP contribution < -0.4 is 14.5 Å². The SMILES string of the molecule is Cc1ccc(S(=O)(=O)OS(c2ccc(OC(C)(C)C)cc2)(c2ccc(N(C)C)cc2)c2ccc(N(C)C)cc2)c(C)c1. The van der Waals surface area contributed by atoms with Crippen molar-refractivity contribution in [3.05, 3.63) is 102 Å². The lowest BCUT2D eigenvalue weighted by Gasteiger charge is -2.40. The van der Waals surface area contributed by atoms with Crippen LogP contribution in [0.5, 0.6) is 5.75 Å². The van der Waals surface area contributed by atoms with E-state index in [4.69, 9.17) is 8.37 Å². The fourth-order valence-corrected chi connectivity index (χ4v) is 10.1. The Bertz CT molecular complexity index is 1570. The molecule has 0 atom stereocenters. The third-order valence-corrected chi connectivity index (χ3v) is 12.1. The van der Waals surface area contributed by atoms with Crippen LogP contribution in [0.2, 0.25) is 0 Å². The highest BCUT2D eigenvalue weighted by Gasteiger charge is 2.39. The molecule has 4 aromatic carbocycles. The first-order chi connectivity index (χ1) is 19.6. The highest BCUT2D eigenvalue weighted by atomic mass is 32.3. The second kappa shape index (κ2) is 12.0. The number of nitrogens with zero attached hydrogens (tertiary/aromatic N) is 2. The van der Waals surface area contributed by atoms with Gasteiger partial charge in [0.25, 0.3) is 0 Å². The lowest BCUT2D eigenvalue weighted by molar-refractivity contribution is 0.131. The van der Waals surface area contributed by atoms with E-state index in [1.807, 2.05) is 145 Å². The molecule has 0 amide bonds. The molecule has 0 saturated carbocycles. The molecule has 0 spiro atoms. The molecule has 0 radical (unpaired) electrons. The smallest absolute Gasteiger partial charge is 0.307 e. The molecule has 0 aliphatic carbocycles. The number of hydrogen-bond acceptors (Lipinski definition) is 6. The van der Waals surface area contributed by atoms with E-state index in [9.17, 15) is 8.42 Å². The van der Waals surface area contributed by atoms with Crippen LogP contribution >= 0.6 is 10.3 Å². The molecule has 0 heterocycles. The Morgan fingerprint density at radius 1 is 0.619 bits per heavy atom. The van der Waals surface area contributed by atoms with E-state index in [1.54, 1.807) is 19.1 Å². The first-order valence-corrected chi connectivity index (χ1v) is 16.8. The van der Waals surface area contributed by atoms with Gasteiger partial charge in [0, 0.05) is 54.3 Å². The number of ether oxygens (including phenoxy) is 1. The van der Waals surface area contributed by atoms with Crippen LogP contribution in [0, 0.1) is 13.8 Å². The number of aryl methyl sites for hydroxylation is 2. The first-order valence-electron chi connectivity index (χ1n) is 13.8. The largest absolute Gasteiger partial charge is 0.488 e. The molecule has 4 rings (SSSR count). The first kappa shape index (κ1) is 31.5. The van der Waals surface area contributed by atoms with Gasteiger partial charge in [-0.25, -0.2) is 3.63 Å². The van der Waals surface area contributed by atoms with E-state index in [0.29, 0.717) is 11.3 Å². The van der Waals surface area contributed by atoms with Gasteiger partial charge in [-0.1, -0.05) is 17.7 Å². The Morgan fingerprint density at radius 3 is 1.43 bits per heavy atom. The molecule has 8 heteroatoms. The molecule has 42 heavy (non-hydrogen) atoms. The van der Waals surface area contributed by atoms with Crippen molar-refractivity contribution in [1.29, 1.82) is 0 Å². The Kier molecular flexibility index (Phi) is 9.02. The highest BCUT2D eigenvalue weighted by molar-refractivity contribution is 8.33. The van der Waals surface area contributed by atoms with Crippen molar-refractivity contribution in [3.8, 4) is 5.75 Å². The number of rotatable bonds is 9. The molecule has 6 nitrogen and oxygen atoms in total. The van der Waals surface area contributed by atoms with Gasteiger partial charge in [-0.2, -0.15) is 8.42 Å². The van der Waals surface area contributed by atoms with E-state index >= 15 is 0 Å². The summed E-state index contributed by atoms with van der Waals surface area (Å²) in [6.45, 7) is 9.73. The number of anilines is 2. The standard InChI is InChI=1S/C34H42N2O4S2/c1-25-10-23-33(26(2)24-25)42(37,38)40-41(30-17-11-27(12-18-30)35(6)7,31-19-13-28(14-20-31)36(8)9)32-21-15-29(16-22-32)39-34(3,4)5/h10-24H,1-9H3. The van der Waals surface area contributed by atoms with Crippen LogP contribution in [0.15, 0.2) is 111 Å². The molecule has 0 fully saturated rings. The zero-order chi connectivity index (χ0) is 30.9. The predicted molar refractivity (Wildman–Crippen MR) is 175 cm³/mol. The van der Waals surface area contributed by atoms with Crippen LogP contribution in [0.4, 0.5) is 11.4 Å². The van der Waals surface area contributed by atoms with Crippen LogP contribution in [-0.2, 0) is 13.7 Å². The maximum atomic E-state index is 14.3. The third-order valence-electron chi connectivity index (χ3n) is 6.74.